The number of unbranched alkanes of at least 4 members (excludes halogenated alkanes) is 53. The average Bonchev–Trinajstić information content (AvgIpc) is 0.637. The van der Waals surface area contributed by atoms with E-state index in [4.69, 9.17) is 37.0 Å². The molecule has 0 fully saturated rings. The third-order valence-corrected chi connectivity index (χ3v) is 24.2. The number of phosphoric ester groups is 2. The summed E-state index contributed by atoms with van der Waals surface area (Å²) in [5.74, 6) is 1.17. The van der Waals surface area contributed by atoms with E-state index in [0.29, 0.717) is 25.7 Å². The Morgan fingerprint density at radius 1 is 0.252 bits per heavy atom. The number of phosphoric acid groups is 2. The molecule has 0 aromatic heterocycles. The highest BCUT2D eigenvalue weighted by Crippen LogP contribution is 2.45. The van der Waals surface area contributed by atoms with Crippen molar-refractivity contribution in [1.82, 2.24) is 0 Å². The molecule has 0 saturated heterocycles. The van der Waals surface area contributed by atoms with Gasteiger partial charge in [0.25, 0.3) is 0 Å². The van der Waals surface area contributed by atoms with E-state index >= 15 is 0 Å². The Bertz CT molecular complexity index is 2150. The van der Waals surface area contributed by atoms with Crippen LogP contribution in [0.1, 0.15) is 486 Å². The van der Waals surface area contributed by atoms with Crippen molar-refractivity contribution in [3.05, 3.63) is 0 Å². The normalized spacial score (nSPS) is 14.3. The van der Waals surface area contributed by atoms with E-state index in [-0.39, 0.29) is 25.7 Å². The highest BCUT2D eigenvalue weighted by Gasteiger charge is 2.31. The summed E-state index contributed by atoms with van der Waals surface area (Å²) in [5.41, 5.74) is 0. The standard InChI is InChI=1S/C92H180O17P2/c1-9-84(7)70-62-54-46-38-30-24-18-13-11-12-14-20-27-33-41-50-58-66-74-91(96)108-87(78-102-89(94)72-64-56-48-40-32-26-19-16-15-17-23-29-36-44-52-60-68-82(3)4)80-106-110(98,99)104-76-86(93)77-105-111(100,101)107-81-88(79-103-90(95)73-65-57-49-43-35-37-45-53-61-69-83(5)6)109-92(97)75-67-59-51-42-34-28-22-21-25-31-39-47-55-63-71-85(8)10-2/h82-88,93H,9-81H2,1-8H3,(H,98,99)(H,100,101)/t84?,85?,86-,87-,88-/m1/s1. The molecule has 0 bridgehead atoms. The Morgan fingerprint density at radius 3 is 0.640 bits per heavy atom. The zero-order chi connectivity index (χ0) is 81.6. The molecule has 0 amide bonds. The Labute approximate surface area is 683 Å². The van der Waals surface area contributed by atoms with Crippen molar-refractivity contribution in [1.29, 1.82) is 0 Å². The van der Waals surface area contributed by atoms with Crippen LogP contribution in [0.4, 0.5) is 0 Å². The van der Waals surface area contributed by atoms with Gasteiger partial charge < -0.3 is 33.8 Å². The van der Waals surface area contributed by atoms with Crippen LogP contribution in [-0.2, 0) is 65.4 Å². The van der Waals surface area contributed by atoms with E-state index in [0.717, 1.165) is 114 Å². The van der Waals surface area contributed by atoms with E-state index in [1.807, 2.05) is 0 Å². The first-order chi connectivity index (χ1) is 53.7. The number of hydrogen-bond acceptors (Lipinski definition) is 15. The minimum atomic E-state index is -4.97. The zero-order valence-electron chi connectivity index (χ0n) is 73.6. The van der Waals surface area contributed by atoms with Gasteiger partial charge in [0, 0.05) is 25.7 Å². The van der Waals surface area contributed by atoms with Crippen LogP contribution in [0, 0.1) is 23.7 Å². The van der Waals surface area contributed by atoms with Gasteiger partial charge in [-0.25, -0.2) is 9.13 Å². The molecular formula is C92H180O17P2. The van der Waals surface area contributed by atoms with Gasteiger partial charge in [-0.15, -0.1) is 0 Å². The Kier molecular flexibility index (Phi) is 79.1. The van der Waals surface area contributed by atoms with Gasteiger partial charge in [0.05, 0.1) is 26.4 Å². The summed E-state index contributed by atoms with van der Waals surface area (Å²) >= 11 is 0. The third-order valence-electron chi connectivity index (χ3n) is 22.3. The van der Waals surface area contributed by atoms with Crippen LogP contribution in [0.25, 0.3) is 0 Å². The lowest BCUT2D eigenvalue weighted by molar-refractivity contribution is -0.161. The van der Waals surface area contributed by atoms with Gasteiger partial charge in [0.2, 0.25) is 0 Å². The van der Waals surface area contributed by atoms with Crippen LogP contribution in [0.5, 0.6) is 0 Å². The van der Waals surface area contributed by atoms with Gasteiger partial charge in [-0.2, -0.15) is 0 Å². The molecule has 0 aliphatic carbocycles. The molecule has 0 aromatic carbocycles. The van der Waals surface area contributed by atoms with Crippen LogP contribution in [0.2, 0.25) is 0 Å². The third kappa shape index (κ3) is 82.9. The molecule has 0 aliphatic heterocycles. The first kappa shape index (κ1) is 109. The fourth-order valence-electron chi connectivity index (χ4n) is 14.3. The number of carbonyl (C=O) groups excluding carboxylic acids is 4. The molecule has 0 heterocycles. The maximum atomic E-state index is 13.2. The Balaban J connectivity index is 5.26. The van der Waals surface area contributed by atoms with E-state index < -0.39 is 97.5 Å². The number of ether oxygens (including phenoxy) is 4. The maximum Gasteiger partial charge on any atom is 0.472 e. The fraction of sp³-hybridized carbons (Fsp3) is 0.957. The minimum Gasteiger partial charge on any atom is -0.462 e. The molecular weight excluding hydrogens is 1440 g/mol. The van der Waals surface area contributed by atoms with Crippen molar-refractivity contribution >= 4 is 39.5 Å². The van der Waals surface area contributed by atoms with Crippen LogP contribution in [0.3, 0.4) is 0 Å². The molecule has 0 aromatic rings. The quantitative estimate of drug-likeness (QED) is 0.0222. The van der Waals surface area contributed by atoms with Crippen LogP contribution in [-0.4, -0.2) is 96.7 Å². The van der Waals surface area contributed by atoms with Crippen molar-refractivity contribution in [2.45, 2.75) is 504 Å². The number of aliphatic hydroxyl groups is 1. The summed E-state index contributed by atoms with van der Waals surface area (Å²) in [4.78, 5) is 73.5. The lowest BCUT2D eigenvalue weighted by Crippen LogP contribution is -2.30. The topological polar surface area (TPSA) is 237 Å². The molecule has 660 valence electrons. The summed E-state index contributed by atoms with van der Waals surface area (Å²) in [6.07, 6.45) is 72.1. The molecule has 0 saturated carbocycles. The van der Waals surface area contributed by atoms with Gasteiger partial charge >= 0.3 is 39.5 Å². The first-order valence-electron chi connectivity index (χ1n) is 47.3. The molecule has 0 spiro atoms. The largest absolute Gasteiger partial charge is 0.472 e. The monoisotopic (exact) mass is 1620 g/mol. The average molecular weight is 1620 g/mol. The summed E-state index contributed by atoms with van der Waals surface area (Å²) in [5, 5.41) is 10.7. The SMILES string of the molecule is CCC(C)CCCCCCCCCCCCCCCCCCCCC(=O)O[C@H](COC(=O)CCCCCCCCCCCCCCCCCCC(C)C)COP(=O)(O)OC[C@@H](O)COP(=O)(O)OC[C@@H](COC(=O)CCCCCCCCCCCC(C)C)OC(=O)CCCCCCCCCCCCCCCCC(C)CC. The molecule has 0 rings (SSSR count). The Hall–Kier alpha value is -1.94. The van der Waals surface area contributed by atoms with Gasteiger partial charge in [0.1, 0.15) is 19.3 Å². The van der Waals surface area contributed by atoms with E-state index in [1.54, 1.807) is 0 Å². The summed E-state index contributed by atoms with van der Waals surface area (Å²) in [6.45, 7) is 14.5. The second kappa shape index (κ2) is 80.5. The molecule has 4 unspecified atom stereocenters. The number of aliphatic hydroxyl groups excluding tert-OH is 1. The summed E-state index contributed by atoms with van der Waals surface area (Å²) in [7, 11) is -9.94. The van der Waals surface area contributed by atoms with E-state index in [1.165, 1.54) is 289 Å². The Morgan fingerprint density at radius 2 is 0.432 bits per heavy atom. The van der Waals surface area contributed by atoms with Gasteiger partial charge in [0.15, 0.2) is 12.2 Å². The molecule has 7 atom stereocenters. The maximum absolute atomic E-state index is 13.2. The highest BCUT2D eigenvalue weighted by molar-refractivity contribution is 7.47. The van der Waals surface area contributed by atoms with Gasteiger partial charge in [-0.3, -0.25) is 37.3 Å². The van der Waals surface area contributed by atoms with Crippen molar-refractivity contribution in [2.75, 3.05) is 39.6 Å². The predicted molar refractivity (Wildman–Crippen MR) is 460 cm³/mol. The van der Waals surface area contributed by atoms with Crippen molar-refractivity contribution in [3.8, 4) is 0 Å². The second-order valence-electron chi connectivity index (χ2n) is 34.5. The smallest absolute Gasteiger partial charge is 0.462 e. The molecule has 19 heteroatoms. The number of esters is 4. The molecule has 3 N–H and O–H groups in total. The first-order valence-corrected chi connectivity index (χ1v) is 50.3. The minimum absolute atomic E-state index is 0.107. The van der Waals surface area contributed by atoms with Crippen LogP contribution < -0.4 is 0 Å². The summed E-state index contributed by atoms with van der Waals surface area (Å²) < 4.78 is 69.1. The van der Waals surface area contributed by atoms with Crippen molar-refractivity contribution in [2.24, 2.45) is 23.7 Å². The van der Waals surface area contributed by atoms with Crippen molar-refractivity contribution in [3.63, 3.8) is 0 Å². The highest BCUT2D eigenvalue weighted by atomic mass is 31.2. The van der Waals surface area contributed by atoms with E-state index in [9.17, 15) is 43.2 Å². The van der Waals surface area contributed by atoms with Crippen LogP contribution >= 0.6 is 15.6 Å². The predicted octanol–water partition coefficient (Wildman–Crippen LogP) is 28.3. The number of hydrogen-bond donors (Lipinski definition) is 3. The number of carbonyl (C=O) groups is 4. The van der Waals surface area contributed by atoms with E-state index in [2.05, 4.69) is 55.4 Å². The second-order valence-corrected chi connectivity index (χ2v) is 37.4. The van der Waals surface area contributed by atoms with Crippen molar-refractivity contribution < 1.29 is 80.2 Å². The zero-order valence-corrected chi connectivity index (χ0v) is 75.4. The molecule has 17 nitrogen and oxygen atoms in total. The lowest BCUT2D eigenvalue weighted by atomic mass is 9.99. The fourth-order valence-corrected chi connectivity index (χ4v) is 15.9. The molecule has 0 radical (unpaired) electrons. The summed E-state index contributed by atoms with van der Waals surface area (Å²) in [6, 6.07) is 0. The molecule has 0 aliphatic rings. The van der Waals surface area contributed by atoms with Gasteiger partial charge in [-0.05, 0) is 49.4 Å². The number of rotatable bonds is 89. The lowest BCUT2D eigenvalue weighted by Gasteiger charge is -2.21. The van der Waals surface area contributed by atoms with Gasteiger partial charge in [-0.1, -0.05) is 434 Å². The molecule has 111 heavy (non-hydrogen) atoms. The van der Waals surface area contributed by atoms with Crippen LogP contribution in [0.15, 0.2) is 0 Å².